The highest BCUT2D eigenvalue weighted by atomic mass is 16.4. The minimum absolute atomic E-state index is 0.0596. The van der Waals surface area contributed by atoms with Crippen molar-refractivity contribution in [2.24, 2.45) is 29.4 Å². The molecule has 0 aliphatic heterocycles. The molecule has 7 atom stereocenters. The first-order valence-corrected chi connectivity index (χ1v) is 16.5. The Morgan fingerprint density at radius 1 is 0.500 bits per heavy atom. The molecule has 0 saturated heterocycles. The van der Waals surface area contributed by atoms with E-state index in [0.717, 1.165) is 0 Å². The quantitative estimate of drug-likeness (QED) is 0.0723. The Labute approximate surface area is 283 Å². The normalized spacial score (nSPS) is 15.9. The second-order valence-electron chi connectivity index (χ2n) is 14.0. The third-order valence-electron chi connectivity index (χ3n) is 7.14. The first-order valence-electron chi connectivity index (χ1n) is 16.5. The summed E-state index contributed by atoms with van der Waals surface area (Å²) >= 11 is 0. The molecule has 0 aliphatic carbocycles. The highest BCUT2D eigenvalue weighted by Crippen LogP contribution is 2.12. The molecule has 276 valence electrons. The third-order valence-corrected chi connectivity index (χ3v) is 7.14. The van der Waals surface area contributed by atoms with E-state index >= 15 is 0 Å². The van der Waals surface area contributed by atoms with Crippen LogP contribution in [0, 0.1) is 23.7 Å². The smallest absolute Gasteiger partial charge is 0.326 e. The van der Waals surface area contributed by atoms with Gasteiger partial charge in [0.05, 0.1) is 18.6 Å². The number of rotatable bonds is 22. The Morgan fingerprint density at radius 3 is 1.23 bits per heavy atom. The lowest BCUT2D eigenvalue weighted by Crippen LogP contribution is -2.61. The summed E-state index contributed by atoms with van der Waals surface area (Å²) in [4.78, 5) is 89.0. The van der Waals surface area contributed by atoms with Gasteiger partial charge < -0.3 is 47.6 Å². The second-order valence-corrected chi connectivity index (χ2v) is 14.0. The molecule has 0 aromatic rings. The molecule has 0 bridgehead atoms. The van der Waals surface area contributed by atoms with Crippen LogP contribution in [-0.4, -0.2) is 99.1 Å². The van der Waals surface area contributed by atoms with Crippen LogP contribution < -0.4 is 32.3 Å². The number of carbonyl (C=O) groups is 7. The zero-order valence-electron chi connectivity index (χ0n) is 29.7. The van der Waals surface area contributed by atoms with E-state index in [-0.39, 0.29) is 42.9 Å². The van der Waals surface area contributed by atoms with E-state index in [1.807, 2.05) is 13.8 Å². The van der Waals surface area contributed by atoms with Gasteiger partial charge in [-0.1, -0.05) is 55.4 Å². The van der Waals surface area contributed by atoms with Gasteiger partial charge in [0.2, 0.25) is 29.5 Å². The molecule has 0 saturated carbocycles. The van der Waals surface area contributed by atoms with Crippen LogP contribution in [0.25, 0.3) is 0 Å². The third kappa shape index (κ3) is 17.4. The molecular formula is C32H58N6O10. The summed E-state index contributed by atoms with van der Waals surface area (Å²) in [6.45, 7) is 15.6. The number of hydrogen-bond acceptors (Lipinski definition) is 9. The number of hydrogen-bond donors (Lipinski definition) is 9. The summed E-state index contributed by atoms with van der Waals surface area (Å²) in [5, 5.41) is 41.4. The maximum absolute atomic E-state index is 13.6. The predicted octanol–water partition coefficient (Wildman–Crippen LogP) is -0.138. The van der Waals surface area contributed by atoms with Gasteiger partial charge in [0.25, 0.3) is 0 Å². The molecule has 0 fully saturated rings. The number of nitrogens with one attached hydrogen (secondary N) is 5. The van der Waals surface area contributed by atoms with Crippen LogP contribution >= 0.6 is 0 Å². The van der Waals surface area contributed by atoms with Crippen LogP contribution in [0.15, 0.2) is 0 Å². The van der Waals surface area contributed by atoms with Gasteiger partial charge in [-0.25, -0.2) is 4.79 Å². The zero-order chi connectivity index (χ0) is 37.5. The number of amides is 5. The fraction of sp³-hybridized carbons (Fsp3) is 0.781. The largest absolute Gasteiger partial charge is 0.481 e. The van der Waals surface area contributed by atoms with Crippen molar-refractivity contribution in [2.75, 3.05) is 0 Å². The Balaban J connectivity index is 6.08. The molecule has 0 heterocycles. The highest BCUT2D eigenvalue weighted by molar-refractivity contribution is 5.97. The molecule has 0 radical (unpaired) electrons. The van der Waals surface area contributed by atoms with E-state index in [1.54, 1.807) is 41.5 Å². The topological polar surface area (TPSA) is 266 Å². The minimum atomic E-state index is -1.55. The number of nitrogens with two attached hydrogens (primary N) is 1. The number of aliphatic hydroxyl groups excluding tert-OH is 1. The Kier molecular flexibility index (Phi) is 19.6. The monoisotopic (exact) mass is 686 g/mol. The van der Waals surface area contributed by atoms with Crippen LogP contribution in [0.2, 0.25) is 0 Å². The van der Waals surface area contributed by atoms with Crippen LogP contribution in [-0.2, 0) is 33.6 Å². The lowest BCUT2D eigenvalue weighted by atomic mass is 9.99. The van der Waals surface area contributed by atoms with Gasteiger partial charge in [-0.3, -0.25) is 28.8 Å². The van der Waals surface area contributed by atoms with Gasteiger partial charge >= 0.3 is 11.9 Å². The number of carboxylic acids is 2. The van der Waals surface area contributed by atoms with Gasteiger partial charge in [0.1, 0.15) is 30.2 Å². The molecule has 0 spiro atoms. The maximum atomic E-state index is 13.6. The fourth-order valence-electron chi connectivity index (χ4n) is 4.84. The molecule has 0 aliphatic rings. The summed E-state index contributed by atoms with van der Waals surface area (Å²) in [6, 6.07) is -7.83. The number of aliphatic carboxylic acids is 2. The van der Waals surface area contributed by atoms with E-state index < -0.39 is 90.3 Å². The molecule has 5 amide bonds. The van der Waals surface area contributed by atoms with E-state index in [2.05, 4.69) is 26.6 Å². The summed E-state index contributed by atoms with van der Waals surface area (Å²) < 4.78 is 0. The average Bonchev–Trinajstić information content (AvgIpc) is 2.92. The van der Waals surface area contributed by atoms with Crippen molar-refractivity contribution in [1.82, 2.24) is 26.6 Å². The predicted molar refractivity (Wildman–Crippen MR) is 177 cm³/mol. The van der Waals surface area contributed by atoms with E-state index in [1.165, 1.54) is 6.92 Å². The molecule has 10 N–H and O–H groups in total. The Bertz CT molecular complexity index is 1110. The lowest BCUT2D eigenvalue weighted by molar-refractivity contribution is -0.143. The van der Waals surface area contributed by atoms with E-state index in [4.69, 9.17) is 5.73 Å². The Morgan fingerprint density at radius 2 is 0.854 bits per heavy atom. The second kappa shape index (κ2) is 21.2. The van der Waals surface area contributed by atoms with Crippen LogP contribution in [0.1, 0.15) is 94.4 Å². The van der Waals surface area contributed by atoms with Crippen LogP contribution in [0.4, 0.5) is 0 Å². The van der Waals surface area contributed by atoms with Crippen LogP contribution in [0.3, 0.4) is 0 Å². The first kappa shape index (κ1) is 44.2. The molecule has 16 heteroatoms. The average molecular weight is 687 g/mol. The van der Waals surface area contributed by atoms with Crippen molar-refractivity contribution in [3.05, 3.63) is 0 Å². The minimum Gasteiger partial charge on any atom is -0.481 e. The number of carbonyl (C=O) groups excluding carboxylic acids is 5. The first-order chi connectivity index (χ1) is 22.0. The van der Waals surface area contributed by atoms with Crippen molar-refractivity contribution in [3.63, 3.8) is 0 Å². The molecule has 0 aromatic heterocycles. The van der Waals surface area contributed by atoms with Crippen molar-refractivity contribution in [1.29, 1.82) is 0 Å². The van der Waals surface area contributed by atoms with Gasteiger partial charge in [-0.2, -0.15) is 0 Å². The highest BCUT2D eigenvalue weighted by Gasteiger charge is 2.35. The molecule has 0 unspecified atom stereocenters. The van der Waals surface area contributed by atoms with Crippen LogP contribution in [0.5, 0.6) is 0 Å². The van der Waals surface area contributed by atoms with E-state index in [9.17, 15) is 48.9 Å². The molecule has 0 aromatic carbocycles. The SMILES string of the molecule is CC(C)C[C@H](NC(=O)[C@@H](NC(=O)[C@H](CC(C)C)NC(=O)[C@H](CC(C)C)NC(=O)[C@H](CC(=O)O)NC(=O)[C@@H](N)CC(C)C)[C@@H](C)O)C(=O)O. The number of aliphatic hydroxyl groups is 1. The number of carboxylic acid groups (broad SMARTS) is 2. The van der Waals surface area contributed by atoms with E-state index in [0.29, 0.717) is 6.42 Å². The van der Waals surface area contributed by atoms with Crippen molar-refractivity contribution < 1.29 is 48.9 Å². The summed E-state index contributed by atoms with van der Waals surface area (Å²) in [7, 11) is 0. The van der Waals surface area contributed by atoms with Gasteiger partial charge in [0.15, 0.2) is 0 Å². The molecule has 48 heavy (non-hydrogen) atoms. The van der Waals surface area contributed by atoms with Gasteiger partial charge in [0, 0.05) is 0 Å². The molecule has 16 nitrogen and oxygen atoms in total. The zero-order valence-corrected chi connectivity index (χ0v) is 29.7. The van der Waals surface area contributed by atoms with Crippen molar-refractivity contribution in [2.45, 2.75) is 137 Å². The standard InChI is InChI=1S/C32H58N6O10/c1-15(2)10-20(33)27(42)34-23(14-25(40)41)29(44)35-21(11-16(3)4)28(43)36-22(12-17(5)6)30(45)38-26(19(9)39)31(46)37-24(32(47)48)13-18(7)8/h15-24,26,39H,10-14,33H2,1-9H3,(H,34,42)(H,35,44)(H,36,43)(H,37,46)(H,38,45)(H,40,41)(H,47,48)/t19-,20+,21+,22+,23+,24+,26+/m1/s1. The van der Waals surface area contributed by atoms with Crippen molar-refractivity contribution >= 4 is 41.5 Å². The molecule has 0 rings (SSSR count). The Hall–Kier alpha value is -3.79. The molecular weight excluding hydrogens is 628 g/mol. The van der Waals surface area contributed by atoms with Gasteiger partial charge in [-0.05, 0) is 56.3 Å². The summed E-state index contributed by atoms with van der Waals surface area (Å²) in [5.74, 6) is -7.17. The lowest BCUT2D eigenvalue weighted by Gasteiger charge is -2.29. The van der Waals surface area contributed by atoms with Gasteiger partial charge in [-0.15, -0.1) is 0 Å². The maximum Gasteiger partial charge on any atom is 0.326 e. The summed E-state index contributed by atoms with van der Waals surface area (Å²) in [5.41, 5.74) is 5.90. The summed E-state index contributed by atoms with van der Waals surface area (Å²) in [6.07, 6.45) is -1.63. The fourth-order valence-corrected chi connectivity index (χ4v) is 4.84. The van der Waals surface area contributed by atoms with Crippen molar-refractivity contribution in [3.8, 4) is 0 Å².